The van der Waals surface area contributed by atoms with Crippen molar-refractivity contribution in [2.45, 2.75) is 25.5 Å². The third kappa shape index (κ3) is 5.45. The second-order valence-corrected chi connectivity index (χ2v) is 8.04. The van der Waals surface area contributed by atoms with Gasteiger partial charge < -0.3 is 5.32 Å². The summed E-state index contributed by atoms with van der Waals surface area (Å²) >= 11 is 8.14. The van der Waals surface area contributed by atoms with E-state index in [1.54, 1.807) is 19.1 Å². The summed E-state index contributed by atoms with van der Waals surface area (Å²) in [5.41, 5.74) is 0.421. The molecule has 7 heteroatoms. The predicted octanol–water partition coefficient (Wildman–Crippen LogP) is 3.07. The average molecular weight is 417 g/mol. The Bertz CT molecular complexity index is 522. The normalized spacial score (nSPS) is 13.3. The third-order valence-electron chi connectivity index (χ3n) is 2.57. The minimum Gasteiger partial charge on any atom is -0.315 e. The minimum absolute atomic E-state index is 0.407. The summed E-state index contributed by atoms with van der Waals surface area (Å²) in [4.78, 5) is 0. The molecule has 0 saturated carbocycles. The summed E-state index contributed by atoms with van der Waals surface area (Å²) in [5.74, 6) is 0. The Morgan fingerprint density at radius 2 is 2.11 bits per heavy atom. The number of halogens is 2. The Morgan fingerprint density at radius 3 is 2.68 bits per heavy atom. The molecule has 0 radical (unpaired) electrons. The molecule has 19 heavy (non-hydrogen) atoms. The number of anilines is 1. The SMILES string of the molecule is CCCNCC(C)S(=O)(=O)Nc1ccc(I)cc1Cl. The van der Waals surface area contributed by atoms with E-state index in [4.69, 9.17) is 11.6 Å². The first kappa shape index (κ1) is 17.0. The molecule has 0 spiro atoms. The van der Waals surface area contributed by atoms with Gasteiger partial charge in [0.15, 0.2) is 0 Å². The summed E-state index contributed by atoms with van der Waals surface area (Å²) in [6.07, 6.45) is 0.975. The van der Waals surface area contributed by atoms with Crippen LogP contribution in [-0.4, -0.2) is 26.8 Å². The zero-order valence-corrected chi connectivity index (χ0v) is 14.6. The van der Waals surface area contributed by atoms with E-state index in [0.29, 0.717) is 17.3 Å². The van der Waals surface area contributed by atoms with Gasteiger partial charge in [-0.3, -0.25) is 4.72 Å². The Kier molecular flexibility index (Phi) is 6.85. The van der Waals surface area contributed by atoms with E-state index in [1.165, 1.54) is 0 Å². The van der Waals surface area contributed by atoms with Gasteiger partial charge in [-0.05, 0) is 60.7 Å². The molecule has 0 heterocycles. The van der Waals surface area contributed by atoms with Gasteiger partial charge in [0.2, 0.25) is 10.0 Å². The second-order valence-electron chi connectivity index (χ2n) is 4.29. The molecular weight excluding hydrogens is 399 g/mol. The van der Waals surface area contributed by atoms with E-state index in [1.807, 2.05) is 13.0 Å². The first-order valence-electron chi connectivity index (χ1n) is 6.04. The van der Waals surface area contributed by atoms with E-state index in [0.717, 1.165) is 16.5 Å². The molecule has 0 aliphatic carbocycles. The van der Waals surface area contributed by atoms with Gasteiger partial charge >= 0.3 is 0 Å². The van der Waals surface area contributed by atoms with Gasteiger partial charge in [0.25, 0.3) is 0 Å². The summed E-state index contributed by atoms with van der Waals surface area (Å²) in [7, 11) is -3.43. The second kappa shape index (κ2) is 7.66. The maximum atomic E-state index is 12.1. The maximum absolute atomic E-state index is 12.1. The van der Waals surface area contributed by atoms with Crippen LogP contribution in [-0.2, 0) is 10.0 Å². The average Bonchev–Trinajstić information content (AvgIpc) is 2.33. The number of hydrogen-bond donors (Lipinski definition) is 2. The fourth-order valence-corrected chi connectivity index (χ4v) is 3.40. The van der Waals surface area contributed by atoms with E-state index >= 15 is 0 Å². The van der Waals surface area contributed by atoms with Crippen molar-refractivity contribution in [3.8, 4) is 0 Å². The first-order chi connectivity index (χ1) is 8.86. The van der Waals surface area contributed by atoms with Gasteiger partial charge in [0.1, 0.15) is 0 Å². The first-order valence-corrected chi connectivity index (χ1v) is 9.04. The van der Waals surface area contributed by atoms with Gasteiger partial charge in [-0.15, -0.1) is 0 Å². The lowest BCUT2D eigenvalue weighted by atomic mass is 10.3. The number of benzene rings is 1. The van der Waals surface area contributed by atoms with E-state index in [-0.39, 0.29) is 0 Å². The van der Waals surface area contributed by atoms with E-state index in [2.05, 4.69) is 32.6 Å². The zero-order valence-electron chi connectivity index (χ0n) is 10.9. The highest BCUT2D eigenvalue weighted by molar-refractivity contribution is 14.1. The molecule has 1 atom stereocenters. The molecule has 0 saturated heterocycles. The topological polar surface area (TPSA) is 58.2 Å². The highest BCUT2D eigenvalue weighted by atomic mass is 127. The van der Waals surface area contributed by atoms with Gasteiger partial charge in [0, 0.05) is 10.1 Å². The molecule has 1 unspecified atom stereocenters. The van der Waals surface area contributed by atoms with Crippen LogP contribution in [0, 0.1) is 3.57 Å². The number of sulfonamides is 1. The molecular formula is C12H18ClIN2O2S. The molecule has 0 aromatic heterocycles. The Labute approximate surface area is 133 Å². The monoisotopic (exact) mass is 416 g/mol. The van der Waals surface area contributed by atoms with Crippen molar-refractivity contribution in [2.75, 3.05) is 17.8 Å². The molecule has 0 amide bonds. The summed E-state index contributed by atoms with van der Waals surface area (Å²) in [6, 6.07) is 5.21. The van der Waals surface area contributed by atoms with Crippen molar-refractivity contribution in [2.24, 2.45) is 0 Å². The summed E-state index contributed by atoms with van der Waals surface area (Å²) < 4.78 is 27.7. The zero-order chi connectivity index (χ0) is 14.5. The van der Waals surface area contributed by atoms with Crippen LogP contribution in [0.4, 0.5) is 5.69 Å². The third-order valence-corrected chi connectivity index (χ3v) is 5.29. The van der Waals surface area contributed by atoms with Crippen molar-refractivity contribution in [1.29, 1.82) is 0 Å². The standard InChI is InChI=1S/C12H18ClIN2O2S/c1-3-6-15-8-9(2)19(17,18)16-12-5-4-10(14)7-11(12)13/h4-5,7,9,15-16H,3,6,8H2,1-2H3. The van der Waals surface area contributed by atoms with Crippen molar-refractivity contribution in [1.82, 2.24) is 5.32 Å². The van der Waals surface area contributed by atoms with Crippen molar-refractivity contribution < 1.29 is 8.42 Å². The molecule has 1 rings (SSSR count). The highest BCUT2D eigenvalue weighted by Crippen LogP contribution is 2.25. The van der Waals surface area contributed by atoms with Crippen LogP contribution in [0.3, 0.4) is 0 Å². The van der Waals surface area contributed by atoms with E-state index in [9.17, 15) is 8.42 Å². The number of rotatable bonds is 7. The summed E-state index contributed by atoms with van der Waals surface area (Å²) in [5, 5.41) is 2.98. The van der Waals surface area contributed by atoms with Crippen LogP contribution < -0.4 is 10.0 Å². The van der Waals surface area contributed by atoms with Gasteiger partial charge in [-0.1, -0.05) is 18.5 Å². The molecule has 1 aromatic carbocycles. The lowest BCUT2D eigenvalue weighted by molar-refractivity contribution is 0.576. The molecule has 108 valence electrons. The molecule has 2 N–H and O–H groups in total. The van der Waals surface area contributed by atoms with Crippen LogP contribution >= 0.6 is 34.2 Å². The van der Waals surface area contributed by atoms with Gasteiger partial charge in [-0.25, -0.2) is 8.42 Å². The Hall–Kier alpha value is -0.0500. The fraction of sp³-hybridized carbons (Fsp3) is 0.500. The molecule has 4 nitrogen and oxygen atoms in total. The number of nitrogens with one attached hydrogen (secondary N) is 2. The van der Waals surface area contributed by atoms with Crippen LogP contribution in [0.25, 0.3) is 0 Å². The van der Waals surface area contributed by atoms with Crippen LogP contribution in [0.2, 0.25) is 5.02 Å². The molecule has 0 aliphatic rings. The van der Waals surface area contributed by atoms with Gasteiger partial charge in [-0.2, -0.15) is 0 Å². The quantitative estimate of drug-likeness (QED) is 0.530. The lowest BCUT2D eigenvalue weighted by Crippen LogP contribution is -2.35. The fourth-order valence-electron chi connectivity index (χ4n) is 1.42. The number of hydrogen-bond acceptors (Lipinski definition) is 3. The molecule has 0 fully saturated rings. The molecule has 0 bridgehead atoms. The highest BCUT2D eigenvalue weighted by Gasteiger charge is 2.21. The smallest absolute Gasteiger partial charge is 0.236 e. The predicted molar refractivity (Wildman–Crippen MR) is 89.3 cm³/mol. The van der Waals surface area contributed by atoms with E-state index < -0.39 is 15.3 Å². The van der Waals surface area contributed by atoms with Crippen molar-refractivity contribution in [3.05, 3.63) is 26.8 Å². The van der Waals surface area contributed by atoms with Crippen molar-refractivity contribution in [3.63, 3.8) is 0 Å². The largest absolute Gasteiger partial charge is 0.315 e. The Balaban J connectivity index is 2.73. The Morgan fingerprint density at radius 1 is 1.42 bits per heavy atom. The summed E-state index contributed by atoms with van der Waals surface area (Å²) in [6.45, 7) is 4.94. The van der Waals surface area contributed by atoms with Crippen LogP contribution in [0.15, 0.2) is 18.2 Å². The lowest BCUT2D eigenvalue weighted by Gasteiger charge is -2.16. The minimum atomic E-state index is -3.43. The maximum Gasteiger partial charge on any atom is 0.236 e. The van der Waals surface area contributed by atoms with Gasteiger partial charge in [0.05, 0.1) is 16.0 Å². The van der Waals surface area contributed by atoms with Crippen LogP contribution in [0.5, 0.6) is 0 Å². The van der Waals surface area contributed by atoms with Crippen LogP contribution in [0.1, 0.15) is 20.3 Å². The molecule has 1 aromatic rings. The van der Waals surface area contributed by atoms with Crippen molar-refractivity contribution >= 4 is 49.9 Å². The molecule has 0 aliphatic heterocycles.